The van der Waals surface area contributed by atoms with Crippen molar-refractivity contribution in [1.29, 1.82) is 0 Å². The maximum absolute atomic E-state index is 10.9. The number of ketones is 1. The lowest BCUT2D eigenvalue weighted by Crippen LogP contribution is -1.87. The van der Waals surface area contributed by atoms with Gasteiger partial charge in [0.25, 0.3) is 0 Å². The monoisotopic (exact) mass is 120 g/mol. The number of aryl methyl sites for hydroxylation is 1. The van der Waals surface area contributed by atoms with E-state index in [-0.39, 0.29) is 5.78 Å². The second-order valence-electron chi connectivity index (χ2n) is 2.23. The summed E-state index contributed by atoms with van der Waals surface area (Å²) in [5.41, 5.74) is 1.90. The highest BCUT2D eigenvalue weighted by Crippen LogP contribution is 2.19. The van der Waals surface area contributed by atoms with Gasteiger partial charge in [0.1, 0.15) is 0 Å². The highest BCUT2D eigenvalue weighted by Gasteiger charge is 2.19. The van der Waals surface area contributed by atoms with Crippen LogP contribution in [0.15, 0.2) is 6.20 Å². The van der Waals surface area contributed by atoms with Crippen LogP contribution < -0.4 is 0 Å². The average molecular weight is 120 g/mol. The molecule has 1 heterocycles. The minimum absolute atomic E-state index is 0.252. The van der Waals surface area contributed by atoms with E-state index in [2.05, 4.69) is 11.2 Å². The maximum Gasteiger partial charge on any atom is 0.165 e. The van der Waals surface area contributed by atoms with Gasteiger partial charge in [0.05, 0.1) is 6.20 Å². The molecule has 1 aromatic rings. The number of rotatable bonds is 0. The molecule has 2 heteroatoms. The van der Waals surface area contributed by atoms with Gasteiger partial charge in [0.2, 0.25) is 0 Å². The minimum atomic E-state index is 0.252. The first-order valence-electron chi connectivity index (χ1n) is 2.99. The van der Waals surface area contributed by atoms with Crippen LogP contribution in [-0.2, 0) is 6.42 Å². The van der Waals surface area contributed by atoms with Crippen LogP contribution in [0, 0.1) is 6.20 Å². The molecule has 0 amide bonds. The van der Waals surface area contributed by atoms with Crippen molar-refractivity contribution in [3.63, 3.8) is 0 Å². The number of carbonyl (C=O) groups is 1. The Bertz CT molecular complexity index is 249. The molecule has 0 spiro atoms. The molecule has 1 radical (unpaired) electrons. The van der Waals surface area contributed by atoms with Gasteiger partial charge >= 0.3 is 0 Å². The first-order valence-corrected chi connectivity index (χ1v) is 2.99. The molecule has 1 aliphatic rings. The number of aromatic nitrogens is 1. The summed E-state index contributed by atoms with van der Waals surface area (Å²) in [6, 6.07) is 0. The van der Waals surface area contributed by atoms with Gasteiger partial charge < -0.3 is 4.98 Å². The molecule has 0 fully saturated rings. The number of hydrogen-bond acceptors (Lipinski definition) is 1. The van der Waals surface area contributed by atoms with Crippen molar-refractivity contribution in [3.05, 3.63) is 23.5 Å². The number of carbonyl (C=O) groups excluding carboxylic acids is 1. The maximum atomic E-state index is 10.9. The zero-order valence-corrected chi connectivity index (χ0v) is 4.90. The Hall–Kier alpha value is -1.05. The van der Waals surface area contributed by atoms with Crippen molar-refractivity contribution < 1.29 is 4.79 Å². The van der Waals surface area contributed by atoms with E-state index in [9.17, 15) is 4.79 Å². The molecule has 0 aromatic carbocycles. The third-order valence-corrected chi connectivity index (χ3v) is 1.67. The van der Waals surface area contributed by atoms with Crippen LogP contribution in [0.3, 0.4) is 0 Å². The molecule has 2 nitrogen and oxygen atoms in total. The smallest absolute Gasteiger partial charge is 0.165 e. The highest BCUT2D eigenvalue weighted by atomic mass is 16.1. The Labute approximate surface area is 52.9 Å². The predicted octanol–water partition coefficient (Wildman–Crippen LogP) is 0.944. The Morgan fingerprint density at radius 1 is 1.56 bits per heavy atom. The van der Waals surface area contributed by atoms with Crippen LogP contribution in [-0.4, -0.2) is 10.8 Å². The second-order valence-corrected chi connectivity index (χ2v) is 2.23. The Balaban J connectivity index is 2.61. The van der Waals surface area contributed by atoms with Gasteiger partial charge in [-0.3, -0.25) is 4.79 Å². The van der Waals surface area contributed by atoms with Crippen LogP contribution >= 0.6 is 0 Å². The number of Topliss-reactive ketones (excluding diaryl/α,β-unsaturated/α-hetero) is 1. The molecule has 0 saturated heterocycles. The lowest BCUT2D eigenvalue weighted by atomic mass is 10.2. The molecular formula is C7H6NO. The molecule has 0 saturated carbocycles. The predicted molar refractivity (Wildman–Crippen MR) is 32.3 cm³/mol. The first-order chi connectivity index (χ1) is 4.38. The summed E-state index contributed by atoms with van der Waals surface area (Å²) in [7, 11) is 0. The fraction of sp³-hybridized carbons (Fsp3) is 0.286. The van der Waals surface area contributed by atoms with Gasteiger partial charge in [-0.2, -0.15) is 0 Å². The summed E-state index contributed by atoms with van der Waals surface area (Å²) in [6.45, 7) is 0. The van der Waals surface area contributed by atoms with E-state index in [0.717, 1.165) is 17.5 Å². The molecule has 2 rings (SSSR count). The van der Waals surface area contributed by atoms with Gasteiger partial charge in [0.15, 0.2) is 5.78 Å². The van der Waals surface area contributed by atoms with E-state index in [1.165, 1.54) is 0 Å². The van der Waals surface area contributed by atoms with Crippen molar-refractivity contribution in [2.75, 3.05) is 0 Å². The third-order valence-electron chi connectivity index (χ3n) is 1.67. The number of H-pyrrole nitrogens is 1. The molecule has 1 aliphatic carbocycles. The van der Waals surface area contributed by atoms with Crippen molar-refractivity contribution in [3.8, 4) is 0 Å². The first kappa shape index (κ1) is 4.79. The van der Waals surface area contributed by atoms with Gasteiger partial charge in [-0.15, -0.1) is 0 Å². The highest BCUT2D eigenvalue weighted by molar-refractivity contribution is 6.00. The van der Waals surface area contributed by atoms with Gasteiger partial charge in [-0.1, -0.05) is 0 Å². The average Bonchev–Trinajstić information content (AvgIpc) is 2.35. The van der Waals surface area contributed by atoms with Crippen LogP contribution in [0.2, 0.25) is 0 Å². The normalized spacial score (nSPS) is 16.2. The fourth-order valence-electron chi connectivity index (χ4n) is 1.17. The lowest BCUT2D eigenvalue weighted by molar-refractivity contribution is 0.0994. The van der Waals surface area contributed by atoms with Crippen LogP contribution in [0.25, 0.3) is 0 Å². The van der Waals surface area contributed by atoms with E-state index in [1.807, 2.05) is 0 Å². The summed E-state index contributed by atoms with van der Waals surface area (Å²) in [5.74, 6) is 0.252. The Kier molecular flexibility index (Phi) is 0.781. The Morgan fingerprint density at radius 2 is 2.44 bits per heavy atom. The zero-order chi connectivity index (χ0) is 6.27. The summed E-state index contributed by atoms with van der Waals surface area (Å²) >= 11 is 0. The third kappa shape index (κ3) is 0.529. The number of hydrogen-bond donors (Lipinski definition) is 1. The van der Waals surface area contributed by atoms with Crippen molar-refractivity contribution in [2.24, 2.45) is 0 Å². The van der Waals surface area contributed by atoms with Gasteiger partial charge in [-0.05, 0) is 12.0 Å². The molecule has 45 valence electrons. The van der Waals surface area contributed by atoms with E-state index in [4.69, 9.17) is 0 Å². The fourth-order valence-corrected chi connectivity index (χ4v) is 1.17. The molecule has 1 N–H and O–H groups in total. The summed E-state index contributed by atoms with van der Waals surface area (Å²) in [4.78, 5) is 13.7. The van der Waals surface area contributed by atoms with Gasteiger partial charge in [0, 0.05) is 18.2 Å². The molecular weight excluding hydrogens is 114 g/mol. The molecule has 0 aliphatic heterocycles. The summed E-state index contributed by atoms with van der Waals surface area (Å²) in [6.07, 6.45) is 6.18. The van der Waals surface area contributed by atoms with Crippen molar-refractivity contribution >= 4 is 5.78 Å². The van der Waals surface area contributed by atoms with E-state index in [0.29, 0.717) is 6.42 Å². The standard InChI is InChI=1S/C7H6NO/c9-7-2-1-5-3-8-4-6(5)7/h4,8H,1-2H2. The molecule has 0 atom stereocenters. The van der Waals surface area contributed by atoms with Crippen molar-refractivity contribution in [1.82, 2.24) is 4.98 Å². The zero-order valence-electron chi connectivity index (χ0n) is 4.90. The summed E-state index contributed by atoms with van der Waals surface area (Å²) in [5, 5.41) is 0. The Morgan fingerprint density at radius 3 is 3.22 bits per heavy atom. The second kappa shape index (κ2) is 1.47. The van der Waals surface area contributed by atoms with Crippen molar-refractivity contribution in [2.45, 2.75) is 12.8 Å². The topological polar surface area (TPSA) is 32.9 Å². The lowest BCUT2D eigenvalue weighted by Gasteiger charge is -1.79. The SMILES string of the molecule is O=C1CCc2[c][nH]cc21. The van der Waals surface area contributed by atoms with Crippen LogP contribution in [0.4, 0.5) is 0 Å². The molecule has 1 aromatic heterocycles. The molecule has 0 bridgehead atoms. The van der Waals surface area contributed by atoms with E-state index in [1.54, 1.807) is 6.20 Å². The number of fused-ring (bicyclic) bond motifs is 1. The van der Waals surface area contributed by atoms with Crippen LogP contribution in [0.1, 0.15) is 22.3 Å². The largest absolute Gasteiger partial charge is 0.359 e. The number of nitrogens with one attached hydrogen (secondary N) is 1. The number of aromatic amines is 1. The molecule has 0 unspecified atom stereocenters. The quantitative estimate of drug-likeness (QED) is 0.543. The van der Waals surface area contributed by atoms with Gasteiger partial charge in [-0.25, -0.2) is 0 Å². The van der Waals surface area contributed by atoms with E-state index < -0.39 is 0 Å². The van der Waals surface area contributed by atoms with E-state index >= 15 is 0 Å². The van der Waals surface area contributed by atoms with Crippen LogP contribution in [0.5, 0.6) is 0 Å². The summed E-state index contributed by atoms with van der Waals surface area (Å²) < 4.78 is 0. The molecule has 9 heavy (non-hydrogen) atoms. The minimum Gasteiger partial charge on any atom is -0.359 e.